The van der Waals surface area contributed by atoms with Crippen LogP contribution in [0, 0.1) is 5.82 Å². The first-order valence-corrected chi connectivity index (χ1v) is 10.6. The van der Waals surface area contributed by atoms with Crippen molar-refractivity contribution >= 4 is 27.7 Å². The Morgan fingerprint density at radius 3 is 2.68 bits per heavy atom. The predicted octanol–water partition coefficient (Wildman–Crippen LogP) is 2.23. The summed E-state index contributed by atoms with van der Waals surface area (Å²) in [5.74, 6) is -0.546. The third-order valence-electron chi connectivity index (χ3n) is 6.09. The number of nitrogens with zero attached hydrogens (tertiary/aromatic N) is 2. The first kappa shape index (κ1) is 19.8. The van der Waals surface area contributed by atoms with E-state index in [0.717, 1.165) is 25.7 Å². The summed E-state index contributed by atoms with van der Waals surface area (Å²) in [6.45, 7) is 1.99. The molecule has 4 rings (SSSR count). The molecule has 1 aliphatic carbocycles. The van der Waals surface area contributed by atoms with Gasteiger partial charge in [-0.1, -0.05) is 22.0 Å². The van der Waals surface area contributed by atoms with Crippen LogP contribution in [0.4, 0.5) is 4.39 Å². The predicted molar refractivity (Wildman–Crippen MR) is 105 cm³/mol. The molecule has 6 nitrogen and oxygen atoms in total. The van der Waals surface area contributed by atoms with Gasteiger partial charge in [-0.3, -0.25) is 14.5 Å². The van der Waals surface area contributed by atoms with Crippen LogP contribution >= 0.6 is 15.9 Å². The smallest absolute Gasteiger partial charge is 0.248 e. The average Bonchev–Trinajstić information content (AvgIpc) is 3.52. The van der Waals surface area contributed by atoms with E-state index in [4.69, 9.17) is 4.74 Å². The van der Waals surface area contributed by atoms with Crippen LogP contribution in [-0.4, -0.2) is 66.5 Å². The van der Waals surface area contributed by atoms with Gasteiger partial charge in [0.05, 0.1) is 12.1 Å². The summed E-state index contributed by atoms with van der Waals surface area (Å²) in [4.78, 5) is 28.7. The van der Waals surface area contributed by atoms with Crippen molar-refractivity contribution in [1.29, 1.82) is 0 Å². The molecule has 1 aromatic carbocycles. The minimum Gasteiger partial charge on any atom is -0.363 e. The molecule has 152 valence electrons. The van der Waals surface area contributed by atoms with Crippen LogP contribution in [0.1, 0.15) is 37.3 Å². The van der Waals surface area contributed by atoms with Gasteiger partial charge in [-0.25, -0.2) is 4.39 Å². The highest BCUT2D eigenvalue weighted by Crippen LogP contribution is 2.38. The van der Waals surface area contributed by atoms with E-state index in [2.05, 4.69) is 21.2 Å². The molecule has 3 fully saturated rings. The van der Waals surface area contributed by atoms with Gasteiger partial charge in [0.2, 0.25) is 11.8 Å². The van der Waals surface area contributed by atoms with Gasteiger partial charge in [-0.2, -0.15) is 0 Å². The van der Waals surface area contributed by atoms with Gasteiger partial charge >= 0.3 is 0 Å². The topological polar surface area (TPSA) is 61.9 Å². The van der Waals surface area contributed by atoms with Crippen molar-refractivity contribution in [2.75, 3.05) is 33.3 Å². The number of amides is 2. The zero-order valence-electron chi connectivity index (χ0n) is 15.9. The zero-order chi connectivity index (χ0) is 19.9. The second-order valence-electron chi connectivity index (χ2n) is 7.94. The first-order valence-electron chi connectivity index (χ1n) is 9.76. The molecular weight excluding hydrogens is 429 g/mol. The normalized spacial score (nSPS) is 23.7. The molecule has 1 atom stereocenters. The highest BCUT2D eigenvalue weighted by atomic mass is 79.9. The number of piperidine rings is 1. The molecule has 2 saturated heterocycles. The van der Waals surface area contributed by atoms with E-state index in [9.17, 15) is 14.0 Å². The van der Waals surface area contributed by atoms with Crippen LogP contribution in [-0.2, 0) is 14.3 Å². The Morgan fingerprint density at radius 2 is 2.07 bits per heavy atom. The Kier molecular flexibility index (Phi) is 5.46. The Bertz CT molecular complexity index is 778. The number of carbonyl (C=O) groups is 2. The van der Waals surface area contributed by atoms with E-state index in [-0.39, 0.29) is 24.0 Å². The van der Waals surface area contributed by atoms with E-state index in [1.54, 1.807) is 19.2 Å². The van der Waals surface area contributed by atoms with Crippen molar-refractivity contribution in [3.8, 4) is 0 Å². The summed E-state index contributed by atoms with van der Waals surface area (Å²) in [6.07, 6.45) is 3.59. The molecule has 28 heavy (non-hydrogen) atoms. The van der Waals surface area contributed by atoms with Crippen LogP contribution in [0.2, 0.25) is 0 Å². The molecule has 0 aromatic heterocycles. The van der Waals surface area contributed by atoms with Crippen molar-refractivity contribution in [3.05, 3.63) is 34.1 Å². The Hall–Kier alpha value is -1.51. The zero-order valence-corrected chi connectivity index (χ0v) is 17.5. The second-order valence-corrected chi connectivity index (χ2v) is 8.86. The number of hydrogen-bond donors (Lipinski definition) is 1. The van der Waals surface area contributed by atoms with Gasteiger partial charge in [0.25, 0.3) is 0 Å². The highest BCUT2D eigenvalue weighted by molar-refractivity contribution is 9.10. The van der Waals surface area contributed by atoms with Crippen molar-refractivity contribution < 1.29 is 18.7 Å². The van der Waals surface area contributed by atoms with Gasteiger partial charge in [-0.05, 0) is 37.8 Å². The lowest BCUT2D eigenvalue weighted by atomic mass is 9.87. The molecule has 2 heterocycles. The van der Waals surface area contributed by atoms with Crippen molar-refractivity contribution in [2.24, 2.45) is 0 Å². The van der Waals surface area contributed by atoms with Gasteiger partial charge < -0.3 is 15.0 Å². The quantitative estimate of drug-likeness (QED) is 0.759. The summed E-state index contributed by atoms with van der Waals surface area (Å²) < 4.78 is 21.2. The number of likely N-dealkylation sites (tertiary alicyclic amines) is 1. The Labute approximate surface area is 172 Å². The van der Waals surface area contributed by atoms with Crippen molar-refractivity contribution in [2.45, 2.75) is 43.4 Å². The standard InChI is InChI=1S/C20H25BrFN3O3/c1-23-19(27)18(15-5-2-13(21)10-16(15)22)24-8-6-20(7-9-24)12-25(14-3-4-14)17(26)11-28-20/h2,5,10,14,18H,3-4,6-9,11-12H2,1H3,(H,23,27). The molecule has 1 aromatic rings. The molecule has 3 aliphatic rings. The minimum absolute atomic E-state index is 0.0794. The fraction of sp³-hybridized carbons (Fsp3) is 0.600. The van der Waals surface area contributed by atoms with Gasteiger partial charge in [0.1, 0.15) is 18.5 Å². The van der Waals surface area contributed by atoms with Crippen LogP contribution in [0.5, 0.6) is 0 Å². The number of carbonyl (C=O) groups excluding carboxylic acids is 2. The first-order chi connectivity index (χ1) is 13.4. The molecule has 0 bridgehead atoms. The lowest BCUT2D eigenvalue weighted by Crippen LogP contribution is -2.60. The molecule has 2 amide bonds. The largest absolute Gasteiger partial charge is 0.363 e. The molecule has 1 unspecified atom stereocenters. The average molecular weight is 454 g/mol. The molecular formula is C20H25BrFN3O3. The highest BCUT2D eigenvalue weighted by Gasteiger charge is 2.47. The maximum Gasteiger partial charge on any atom is 0.248 e. The van der Waals surface area contributed by atoms with E-state index >= 15 is 0 Å². The molecule has 1 saturated carbocycles. The monoisotopic (exact) mass is 453 g/mol. The van der Waals surface area contributed by atoms with E-state index in [0.29, 0.717) is 35.7 Å². The molecule has 1 N–H and O–H groups in total. The number of nitrogens with one attached hydrogen (secondary N) is 1. The van der Waals surface area contributed by atoms with Crippen LogP contribution in [0.15, 0.2) is 22.7 Å². The molecule has 0 radical (unpaired) electrons. The Balaban J connectivity index is 1.50. The number of morpholine rings is 1. The number of ether oxygens (including phenoxy) is 1. The van der Waals surface area contributed by atoms with Crippen LogP contribution in [0.25, 0.3) is 0 Å². The van der Waals surface area contributed by atoms with E-state index in [1.165, 1.54) is 6.07 Å². The van der Waals surface area contributed by atoms with Crippen LogP contribution in [0.3, 0.4) is 0 Å². The maximum absolute atomic E-state index is 14.6. The summed E-state index contributed by atoms with van der Waals surface area (Å²) in [5, 5.41) is 2.67. The number of hydrogen-bond acceptors (Lipinski definition) is 4. The van der Waals surface area contributed by atoms with Crippen LogP contribution < -0.4 is 5.32 Å². The van der Waals surface area contributed by atoms with Gasteiger partial charge in [-0.15, -0.1) is 0 Å². The lowest BCUT2D eigenvalue weighted by Gasteiger charge is -2.48. The number of benzene rings is 1. The minimum atomic E-state index is -0.680. The van der Waals surface area contributed by atoms with Crippen molar-refractivity contribution in [3.63, 3.8) is 0 Å². The fourth-order valence-corrected chi connectivity index (χ4v) is 4.65. The summed E-state index contributed by atoms with van der Waals surface area (Å²) in [7, 11) is 1.57. The summed E-state index contributed by atoms with van der Waals surface area (Å²) >= 11 is 3.27. The summed E-state index contributed by atoms with van der Waals surface area (Å²) in [6, 6.07) is 4.50. The molecule has 2 aliphatic heterocycles. The SMILES string of the molecule is CNC(=O)C(c1ccc(Br)cc1F)N1CCC2(CC1)CN(C1CC1)C(=O)CO2. The Morgan fingerprint density at radius 1 is 1.36 bits per heavy atom. The fourth-order valence-electron chi connectivity index (χ4n) is 4.32. The second kappa shape index (κ2) is 7.72. The molecule has 8 heteroatoms. The van der Waals surface area contributed by atoms with Gasteiger partial charge in [0, 0.05) is 36.2 Å². The van der Waals surface area contributed by atoms with Gasteiger partial charge in [0.15, 0.2) is 0 Å². The summed E-state index contributed by atoms with van der Waals surface area (Å²) in [5.41, 5.74) is 0.0243. The molecule has 1 spiro atoms. The van der Waals surface area contributed by atoms with E-state index < -0.39 is 11.9 Å². The third kappa shape index (κ3) is 3.82. The van der Waals surface area contributed by atoms with Crippen molar-refractivity contribution in [1.82, 2.24) is 15.1 Å². The maximum atomic E-state index is 14.6. The third-order valence-corrected chi connectivity index (χ3v) is 6.59. The number of rotatable bonds is 4. The number of likely N-dealkylation sites (N-methyl/N-ethyl adjacent to an activating group) is 1. The number of halogens is 2. The lowest BCUT2D eigenvalue weighted by molar-refractivity contribution is -0.173. The van der Waals surface area contributed by atoms with E-state index in [1.807, 2.05) is 9.80 Å².